The molecule has 4 rings (SSSR count). The number of esters is 1. The Labute approximate surface area is 185 Å². The molecule has 0 aliphatic carbocycles. The van der Waals surface area contributed by atoms with Gasteiger partial charge < -0.3 is 19.1 Å². The third kappa shape index (κ3) is 3.48. The van der Waals surface area contributed by atoms with Crippen molar-refractivity contribution >= 4 is 57.5 Å². The van der Waals surface area contributed by atoms with E-state index in [4.69, 9.17) is 32.9 Å². The number of methoxy groups -OCH3 is 1. The molecule has 0 fully saturated rings. The summed E-state index contributed by atoms with van der Waals surface area (Å²) in [6.45, 7) is 6.69. The van der Waals surface area contributed by atoms with Gasteiger partial charge in [0.05, 0.1) is 47.0 Å². The van der Waals surface area contributed by atoms with Gasteiger partial charge in [-0.3, -0.25) is 4.79 Å². The highest BCUT2D eigenvalue weighted by Gasteiger charge is 2.37. The largest absolute Gasteiger partial charge is 0.469 e. The Morgan fingerprint density at radius 3 is 2.67 bits per heavy atom. The molecule has 3 aromatic rings. The summed E-state index contributed by atoms with van der Waals surface area (Å²) in [5.41, 5.74) is 3.89. The van der Waals surface area contributed by atoms with Crippen molar-refractivity contribution in [2.45, 2.75) is 32.9 Å². The van der Waals surface area contributed by atoms with Crippen molar-refractivity contribution < 1.29 is 9.53 Å². The highest BCUT2D eigenvalue weighted by molar-refractivity contribution is 6.36. The molecule has 1 aliphatic heterocycles. The number of halogens is 2. The number of nitrogens with zero attached hydrogens (tertiary/aromatic N) is 4. The molecule has 1 atom stereocenters. The number of hydrogen-bond donors (Lipinski definition) is 0. The van der Waals surface area contributed by atoms with Crippen LogP contribution in [-0.4, -0.2) is 41.8 Å². The highest BCUT2D eigenvalue weighted by Crippen LogP contribution is 2.43. The predicted molar refractivity (Wildman–Crippen MR) is 122 cm³/mol. The van der Waals surface area contributed by atoms with Crippen LogP contribution in [0.1, 0.15) is 20.3 Å². The molecule has 0 N–H and O–H groups in total. The van der Waals surface area contributed by atoms with Gasteiger partial charge in [-0.25, -0.2) is 4.98 Å². The fourth-order valence-corrected chi connectivity index (χ4v) is 4.70. The van der Waals surface area contributed by atoms with Crippen LogP contribution in [0.25, 0.3) is 11.0 Å². The lowest BCUT2D eigenvalue weighted by atomic mass is 10.1. The monoisotopic (exact) mass is 446 g/mol. The van der Waals surface area contributed by atoms with Crippen LogP contribution >= 0.6 is 23.2 Å². The van der Waals surface area contributed by atoms with Crippen LogP contribution in [0.4, 0.5) is 17.3 Å². The number of carbonyl (C=O) groups excluding carboxylic acids is 1. The summed E-state index contributed by atoms with van der Waals surface area (Å²) < 4.78 is 7.13. The van der Waals surface area contributed by atoms with E-state index in [1.54, 1.807) is 12.1 Å². The molecule has 0 spiro atoms. The number of aromatic nitrogens is 2. The second kappa shape index (κ2) is 8.36. The van der Waals surface area contributed by atoms with Crippen LogP contribution < -0.4 is 9.80 Å². The predicted octanol–water partition coefficient (Wildman–Crippen LogP) is 5.27. The van der Waals surface area contributed by atoms with Gasteiger partial charge in [-0.15, -0.1) is 0 Å². The Bertz CT molecular complexity index is 1090. The third-order valence-electron chi connectivity index (χ3n) is 5.60. The zero-order valence-electron chi connectivity index (χ0n) is 17.2. The molecule has 8 heteroatoms. The van der Waals surface area contributed by atoms with Gasteiger partial charge in [0, 0.05) is 24.7 Å². The minimum absolute atomic E-state index is 0.159. The lowest BCUT2D eigenvalue weighted by Gasteiger charge is -2.25. The first-order valence-corrected chi connectivity index (χ1v) is 10.8. The number of rotatable bonds is 6. The third-order valence-corrected chi connectivity index (χ3v) is 6.14. The molecule has 0 radical (unpaired) electrons. The van der Waals surface area contributed by atoms with Crippen LogP contribution in [0, 0.1) is 0 Å². The molecule has 2 aromatic carbocycles. The van der Waals surface area contributed by atoms with Crippen molar-refractivity contribution in [1.82, 2.24) is 9.55 Å². The molecule has 1 aromatic heterocycles. The second-order valence-corrected chi connectivity index (χ2v) is 8.08. The van der Waals surface area contributed by atoms with Crippen LogP contribution in [0.15, 0.2) is 36.4 Å². The maximum atomic E-state index is 12.1. The Kier molecular flexibility index (Phi) is 5.80. The number of imidazole rings is 1. The molecule has 2 heterocycles. The fraction of sp³-hybridized carbons (Fsp3) is 0.364. The molecule has 158 valence electrons. The maximum absolute atomic E-state index is 12.1. The average molecular weight is 447 g/mol. The summed E-state index contributed by atoms with van der Waals surface area (Å²) in [5.74, 6) is 0.497. The Morgan fingerprint density at radius 1 is 1.23 bits per heavy atom. The quantitative estimate of drug-likeness (QED) is 0.482. The average Bonchev–Trinajstić information content (AvgIpc) is 3.25. The molecular formula is C22H24Cl2N4O2. The Balaban J connectivity index is 1.90. The van der Waals surface area contributed by atoms with Crippen molar-refractivity contribution in [2.24, 2.45) is 0 Å². The standard InChI is InChI=1S/C22H24Cl2N4O2/c1-4-26(5-2)19-8-6-7-17-21(19)27-13-15(12-20(29)30-3)28(22(27)25-17)18-10-9-14(23)11-16(18)24/h6-11,15H,4-5,12-13H2,1-3H3. The number of fused-ring (bicyclic) bond motifs is 3. The number of anilines is 3. The molecule has 6 nitrogen and oxygen atoms in total. The van der Waals surface area contributed by atoms with Crippen LogP contribution in [0.5, 0.6) is 0 Å². The first kappa shape index (κ1) is 20.8. The van der Waals surface area contributed by atoms with Crippen LogP contribution in [-0.2, 0) is 16.1 Å². The summed E-state index contributed by atoms with van der Waals surface area (Å²) >= 11 is 12.7. The molecule has 30 heavy (non-hydrogen) atoms. The maximum Gasteiger partial charge on any atom is 0.307 e. The van der Waals surface area contributed by atoms with E-state index < -0.39 is 0 Å². The van der Waals surface area contributed by atoms with E-state index in [1.807, 2.05) is 23.1 Å². The molecule has 0 saturated heterocycles. The van der Waals surface area contributed by atoms with Gasteiger partial charge in [-0.2, -0.15) is 0 Å². The summed E-state index contributed by atoms with van der Waals surface area (Å²) in [5, 5.41) is 1.08. The molecule has 0 saturated carbocycles. The van der Waals surface area contributed by atoms with Crippen molar-refractivity contribution in [3.63, 3.8) is 0 Å². The van der Waals surface area contributed by atoms with Gasteiger partial charge in [-0.05, 0) is 44.2 Å². The number of ether oxygens (including phenoxy) is 1. The smallest absolute Gasteiger partial charge is 0.307 e. The number of para-hydroxylation sites is 1. The highest BCUT2D eigenvalue weighted by atomic mass is 35.5. The minimum atomic E-state index is -0.269. The minimum Gasteiger partial charge on any atom is -0.469 e. The van der Waals surface area contributed by atoms with E-state index in [9.17, 15) is 4.79 Å². The van der Waals surface area contributed by atoms with E-state index in [0.717, 1.165) is 41.4 Å². The normalized spacial score (nSPS) is 15.5. The van der Waals surface area contributed by atoms with Crippen LogP contribution in [0.2, 0.25) is 10.0 Å². The number of hydrogen-bond acceptors (Lipinski definition) is 5. The summed E-state index contributed by atoms with van der Waals surface area (Å²) in [6, 6.07) is 11.4. The van der Waals surface area contributed by atoms with E-state index in [0.29, 0.717) is 16.6 Å². The van der Waals surface area contributed by atoms with E-state index in [-0.39, 0.29) is 18.4 Å². The Hall–Kier alpha value is -2.44. The van der Waals surface area contributed by atoms with Gasteiger partial charge in [0.2, 0.25) is 5.95 Å². The SMILES string of the molecule is CCN(CC)c1cccc2nc3n(c12)CC(CC(=O)OC)N3c1ccc(Cl)cc1Cl. The van der Waals surface area contributed by atoms with E-state index in [1.165, 1.54) is 7.11 Å². The lowest BCUT2D eigenvalue weighted by Crippen LogP contribution is -2.31. The topological polar surface area (TPSA) is 50.6 Å². The van der Waals surface area contributed by atoms with E-state index >= 15 is 0 Å². The van der Waals surface area contributed by atoms with Gasteiger partial charge in [0.25, 0.3) is 0 Å². The first-order chi connectivity index (χ1) is 14.5. The molecule has 0 amide bonds. The van der Waals surface area contributed by atoms with Crippen molar-refractivity contribution in [2.75, 3.05) is 30.0 Å². The zero-order chi connectivity index (χ0) is 21.4. The van der Waals surface area contributed by atoms with Crippen molar-refractivity contribution in [1.29, 1.82) is 0 Å². The first-order valence-electron chi connectivity index (χ1n) is 10.0. The molecule has 1 aliphatic rings. The summed E-state index contributed by atoms with van der Waals surface area (Å²) in [6.07, 6.45) is 0.230. The van der Waals surface area contributed by atoms with Crippen molar-refractivity contribution in [3.8, 4) is 0 Å². The molecular weight excluding hydrogens is 423 g/mol. The second-order valence-electron chi connectivity index (χ2n) is 7.24. The summed E-state index contributed by atoms with van der Waals surface area (Å²) in [7, 11) is 1.41. The van der Waals surface area contributed by atoms with Gasteiger partial charge in [0.15, 0.2) is 0 Å². The Morgan fingerprint density at radius 2 is 2.00 bits per heavy atom. The van der Waals surface area contributed by atoms with Gasteiger partial charge in [0.1, 0.15) is 0 Å². The van der Waals surface area contributed by atoms with Crippen molar-refractivity contribution in [3.05, 3.63) is 46.4 Å². The molecule has 0 bridgehead atoms. The molecule has 1 unspecified atom stereocenters. The lowest BCUT2D eigenvalue weighted by molar-refractivity contribution is -0.141. The van der Waals surface area contributed by atoms with Crippen LogP contribution in [0.3, 0.4) is 0 Å². The van der Waals surface area contributed by atoms with E-state index in [2.05, 4.69) is 29.4 Å². The number of benzene rings is 2. The number of carbonyl (C=O) groups is 1. The summed E-state index contributed by atoms with van der Waals surface area (Å²) in [4.78, 5) is 21.4. The zero-order valence-corrected chi connectivity index (χ0v) is 18.7. The van der Waals surface area contributed by atoms with Gasteiger partial charge >= 0.3 is 5.97 Å². The van der Waals surface area contributed by atoms with Gasteiger partial charge in [-0.1, -0.05) is 29.3 Å². The fourth-order valence-electron chi connectivity index (χ4n) is 4.20.